The highest BCUT2D eigenvalue weighted by Crippen LogP contribution is 2.29. The SMILES string of the molecule is CCc1nc(C)c([C@H](C)OC(=O)C[C@H](NC(C)=O)c2ccc(C)cc2)s1. The van der Waals surface area contributed by atoms with Gasteiger partial charge in [-0.2, -0.15) is 0 Å². The summed E-state index contributed by atoms with van der Waals surface area (Å²) < 4.78 is 5.61. The maximum absolute atomic E-state index is 12.5. The number of thiazole rings is 1. The first kappa shape index (κ1) is 20.1. The summed E-state index contributed by atoms with van der Waals surface area (Å²) in [6.45, 7) is 9.29. The molecule has 0 aliphatic rings. The van der Waals surface area contributed by atoms with E-state index in [-0.39, 0.29) is 24.4 Å². The van der Waals surface area contributed by atoms with Crippen molar-refractivity contribution in [3.05, 3.63) is 51.0 Å². The molecule has 0 bridgehead atoms. The van der Waals surface area contributed by atoms with E-state index in [1.165, 1.54) is 6.92 Å². The highest BCUT2D eigenvalue weighted by Gasteiger charge is 2.22. The first-order chi connectivity index (χ1) is 12.3. The van der Waals surface area contributed by atoms with Gasteiger partial charge in [0.25, 0.3) is 0 Å². The van der Waals surface area contributed by atoms with Crippen LogP contribution in [0.1, 0.15) is 66.0 Å². The van der Waals surface area contributed by atoms with Crippen molar-refractivity contribution in [1.29, 1.82) is 0 Å². The maximum Gasteiger partial charge on any atom is 0.308 e. The van der Waals surface area contributed by atoms with Crippen LogP contribution < -0.4 is 5.32 Å². The standard InChI is InChI=1S/C20H26N2O3S/c1-6-18-21-13(3)20(26-18)14(4)25-19(24)11-17(22-15(5)23)16-9-7-12(2)8-10-16/h7-10,14,17H,6,11H2,1-5H3,(H,22,23)/t14-,17-/m0/s1. The minimum Gasteiger partial charge on any atom is -0.457 e. The second-order valence-electron chi connectivity index (χ2n) is 6.41. The van der Waals surface area contributed by atoms with Gasteiger partial charge < -0.3 is 10.1 Å². The van der Waals surface area contributed by atoms with Crippen molar-refractivity contribution in [2.45, 2.75) is 59.6 Å². The molecule has 26 heavy (non-hydrogen) atoms. The van der Waals surface area contributed by atoms with Gasteiger partial charge in [0.1, 0.15) is 6.10 Å². The number of benzene rings is 1. The Morgan fingerprint density at radius 3 is 2.42 bits per heavy atom. The van der Waals surface area contributed by atoms with Gasteiger partial charge in [0.2, 0.25) is 5.91 Å². The van der Waals surface area contributed by atoms with Crippen LogP contribution in [0, 0.1) is 13.8 Å². The molecule has 1 aromatic heterocycles. The normalized spacial score (nSPS) is 13.1. The van der Waals surface area contributed by atoms with Crippen LogP contribution in [0.5, 0.6) is 0 Å². The molecule has 1 heterocycles. The minimum absolute atomic E-state index is 0.0888. The van der Waals surface area contributed by atoms with Crippen molar-refractivity contribution in [3.63, 3.8) is 0 Å². The fourth-order valence-electron chi connectivity index (χ4n) is 2.76. The first-order valence-corrected chi connectivity index (χ1v) is 9.61. The number of carbonyl (C=O) groups is 2. The number of ether oxygens (including phenoxy) is 1. The molecular formula is C20H26N2O3S. The van der Waals surface area contributed by atoms with E-state index in [0.717, 1.165) is 33.1 Å². The van der Waals surface area contributed by atoms with Gasteiger partial charge in [-0.1, -0.05) is 36.8 Å². The molecule has 6 heteroatoms. The zero-order valence-electron chi connectivity index (χ0n) is 16.0. The van der Waals surface area contributed by atoms with Crippen LogP contribution in [-0.2, 0) is 20.7 Å². The highest BCUT2D eigenvalue weighted by atomic mass is 32.1. The van der Waals surface area contributed by atoms with Crippen molar-refractivity contribution in [2.75, 3.05) is 0 Å². The van der Waals surface area contributed by atoms with Crippen LogP contribution in [-0.4, -0.2) is 16.9 Å². The Bertz CT molecular complexity index is 768. The summed E-state index contributed by atoms with van der Waals surface area (Å²) in [5.74, 6) is -0.523. The molecule has 2 rings (SSSR count). The first-order valence-electron chi connectivity index (χ1n) is 8.79. The van der Waals surface area contributed by atoms with Crippen molar-refractivity contribution in [1.82, 2.24) is 10.3 Å². The molecular weight excluding hydrogens is 348 g/mol. The van der Waals surface area contributed by atoms with E-state index in [0.29, 0.717) is 0 Å². The number of esters is 1. The van der Waals surface area contributed by atoms with Crippen LogP contribution in [0.25, 0.3) is 0 Å². The molecule has 0 unspecified atom stereocenters. The van der Waals surface area contributed by atoms with Crippen LogP contribution >= 0.6 is 11.3 Å². The number of aromatic nitrogens is 1. The molecule has 5 nitrogen and oxygen atoms in total. The quantitative estimate of drug-likeness (QED) is 0.738. The molecule has 0 spiro atoms. The van der Waals surface area contributed by atoms with E-state index < -0.39 is 6.04 Å². The van der Waals surface area contributed by atoms with Gasteiger partial charge in [-0.3, -0.25) is 9.59 Å². The molecule has 0 fully saturated rings. The molecule has 1 N–H and O–H groups in total. The number of amides is 1. The Labute approximate surface area is 158 Å². The number of hydrogen-bond donors (Lipinski definition) is 1. The zero-order chi connectivity index (χ0) is 19.3. The smallest absolute Gasteiger partial charge is 0.308 e. The average molecular weight is 375 g/mol. The van der Waals surface area contributed by atoms with Gasteiger partial charge in [0.05, 0.1) is 28.0 Å². The lowest BCUT2D eigenvalue weighted by molar-refractivity contribution is -0.149. The topological polar surface area (TPSA) is 68.3 Å². The van der Waals surface area contributed by atoms with Gasteiger partial charge in [0.15, 0.2) is 0 Å². The van der Waals surface area contributed by atoms with Gasteiger partial charge in [-0.15, -0.1) is 11.3 Å². The molecule has 0 radical (unpaired) electrons. The predicted molar refractivity (Wildman–Crippen MR) is 103 cm³/mol. The van der Waals surface area contributed by atoms with E-state index in [1.807, 2.05) is 45.0 Å². The number of rotatable bonds is 7. The summed E-state index contributed by atoms with van der Waals surface area (Å²) in [6.07, 6.45) is 0.603. The molecule has 2 aromatic rings. The molecule has 2 atom stereocenters. The minimum atomic E-state index is -0.401. The summed E-state index contributed by atoms with van der Waals surface area (Å²) in [5.41, 5.74) is 2.92. The van der Waals surface area contributed by atoms with Gasteiger partial charge in [-0.05, 0) is 32.8 Å². The molecule has 0 aliphatic heterocycles. The number of hydrogen-bond acceptors (Lipinski definition) is 5. The molecule has 1 amide bonds. The second kappa shape index (κ2) is 8.94. The third-order valence-electron chi connectivity index (χ3n) is 4.08. The van der Waals surface area contributed by atoms with E-state index in [9.17, 15) is 9.59 Å². The van der Waals surface area contributed by atoms with Crippen LogP contribution in [0.2, 0.25) is 0 Å². The Morgan fingerprint density at radius 1 is 1.23 bits per heavy atom. The fraction of sp³-hybridized carbons (Fsp3) is 0.450. The van der Waals surface area contributed by atoms with Crippen molar-refractivity contribution < 1.29 is 14.3 Å². The fourth-order valence-corrected chi connectivity index (χ4v) is 3.74. The lowest BCUT2D eigenvalue weighted by Crippen LogP contribution is -2.28. The molecule has 0 saturated carbocycles. The largest absolute Gasteiger partial charge is 0.457 e. The summed E-state index contributed by atoms with van der Waals surface area (Å²) in [5, 5.41) is 3.87. The van der Waals surface area contributed by atoms with Crippen molar-refractivity contribution in [2.24, 2.45) is 0 Å². The lowest BCUT2D eigenvalue weighted by Gasteiger charge is -2.19. The summed E-state index contributed by atoms with van der Waals surface area (Å²) >= 11 is 1.58. The molecule has 1 aromatic carbocycles. The van der Waals surface area contributed by atoms with E-state index in [2.05, 4.69) is 17.2 Å². The molecule has 140 valence electrons. The predicted octanol–water partition coefficient (Wildman–Crippen LogP) is 4.19. The summed E-state index contributed by atoms with van der Waals surface area (Å²) in [6, 6.07) is 7.37. The van der Waals surface area contributed by atoms with Gasteiger partial charge in [0, 0.05) is 6.92 Å². The Kier molecular flexibility index (Phi) is 6.91. The van der Waals surface area contributed by atoms with Crippen LogP contribution in [0.15, 0.2) is 24.3 Å². The Hall–Kier alpha value is -2.21. The van der Waals surface area contributed by atoms with Gasteiger partial charge in [-0.25, -0.2) is 4.98 Å². The lowest BCUT2D eigenvalue weighted by atomic mass is 10.0. The zero-order valence-corrected chi connectivity index (χ0v) is 16.8. The number of nitrogens with one attached hydrogen (secondary N) is 1. The van der Waals surface area contributed by atoms with Crippen LogP contribution in [0.4, 0.5) is 0 Å². The van der Waals surface area contributed by atoms with E-state index in [1.54, 1.807) is 11.3 Å². The van der Waals surface area contributed by atoms with Crippen molar-refractivity contribution in [3.8, 4) is 0 Å². The van der Waals surface area contributed by atoms with E-state index in [4.69, 9.17) is 4.74 Å². The maximum atomic E-state index is 12.5. The third-order valence-corrected chi connectivity index (χ3v) is 5.55. The number of carbonyl (C=O) groups excluding carboxylic acids is 2. The third kappa shape index (κ3) is 5.39. The van der Waals surface area contributed by atoms with E-state index >= 15 is 0 Å². The summed E-state index contributed by atoms with van der Waals surface area (Å²) in [7, 11) is 0. The average Bonchev–Trinajstić information content (AvgIpc) is 2.95. The van der Waals surface area contributed by atoms with Crippen molar-refractivity contribution >= 4 is 23.2 Å². The number of nitrogens with zero attached hydrogens (tertiary/aromatic N) is 1. The van der Waals surface area contributed by atoms with Gasteiger partial charge >= 0.3 is 5.97 Å². The second-order valence-corrected chi connectivity index (χ2v) is 7.53. The Morgan fingerprint density at radius 2 is 1.88 bits per heavy atom. The Balaban J connectivity index is 2.07. The highest BCUT2D eigenvalue weighted by molar-refractivity contribution is 7.11. The number of aryl methyl sites for hydroxylation is 3. The summed E-state index contributed by atoms with van der Waals surface area (Å²) in [4.78, 5) is 29.4. The van der Waals surface area contributed by atoms with Crippen LogP contribution in [0.3, 0.4) is 0 Å². The molecule has 0 aliphatic carbocycles. The molecule has 0 saturated heterocycles. The monoisotopic (exact) mass is 374 g/mol.